The molecule has 0 saturated carbocycles. The Hall–Kier alpha value is -3.14. The molecule has 0 spiro atoms. The first-order valence-electron chi connectivity index (χ1n) is 11.5. The SMILES string of the molecule is COc1ccc(C(=O)Nc2n[nH]c3c2CN(C(=O)N2C[C@@H]4CCCN4C[C@@H]2C)C3(C)C)nc1. The first-order chi connectivity index (χ1) is 15.8. The van der Waals surface area contributed by atoms with Crippen molar-refractivity contribution in [3.05, 3.63) is 35.3 Å². The fraction of sp³-hybridized carbons (Fsp3) is 0.565. The normalized spacial score (nSPS) is 23.9. The van der Waals surface area contributed by atoms with Crippen LogP contribution in [0.5, 0.6) is 5.75 Å². The summed E-state index contributed by atoms with van der Waals surface area (Å²) >= 11 is 0. The van der Waals surface area contributed by atoms with E-state index in [4.69, 9.17) is 4.74 Å². The molecular formula is C23H31N7O3. The van der Waals surface area contributed by atoms with E-state index >= 15 is 0 Å². The van der Waals surface area contributed by atoms with Crippen LogP contribution in [0.25, 0.3) is 0 Å². The number of ether oxygens (including phenoxy) is 1. The zero-order valence-electron chi connectivity index (χ0n) is 19.6. The molecule has 0 aliphatic carbocycles. The maximum atomic E-state index is 13.7. The smallest absolute Gasteiger partial charge is 0.321 e. The third-order valence-electron chi connectivity index (χ3n) is 7.32. The predicted molar refractivity (Wildman–Crippen MR) is 122 cm³/mol. The van der Waals surface area contributed by atoms with Crippen molar-refractivity contribution in [2.75, 3.05) is 32.1 Å². The molecule has 10 heteroatoms. The summed E-state index contributed by atoms with van der Waals surface area (Å²) in [5, 5.41) is 10.2. The molecule has 2 aromatic rings. The van der Waals surface area contributed by atoms with E-state index in [1.54, 1.807) is 19.2 Å². The van der Waals surface area contributed by atoms with Crippen molar-refractivity contribution >= 4 is 17.8 Å². The van der Waals surface area contributed by atoms with Gasteiger partial charge in [0.1, 0.15) is 11.4 Å². The zero-order valence-corrected chi connectivity index (χ0v) is 19.6. The Morgan fingerprint density at radius 1 is 1.27 bits per heavy atom. The molecular weight excluding hydrogens is 422 g/mol. The van der Waals surface area contributed by atoms with Gasteiger partial charge in [-0.1, -0.05) is 0 Å². The van der Waals surface area contributed by atoms with E-state index in [9.17, 15) is 9.59 Å². The molecule has 10 nitrogen and oxygen atoms in total. The largest absolute Gasteiger partial charge is 0.495 e. The van der Waals surface area contributed by atoms with Gasteiger partial charge >= 0.3 is 6.03 Å². The summed E-state index contributed by atoms with van der Waals surface area (Å²) in [6, 6.07) is 3.95. The minimum atomic E-state index is -0.562. The van der Waals surface area contributed by atoms with Crippen molar-refractivity contribution < 1.29 is 14.3 Å². The molecule has 176 valence electrons. The van der Waals surface area contributed by atoms with Gasteiger partial charge in [-0.05, 0) is 52.3 Å². The molecule has 3 aliphatic heterocycles. The first-order valence-corrected chi connectivity index (χ1v) is 11.5. The number of aromatic amines is 1. The number of hydrogen-bond acceptors (Lipinski definition) is 6. The van der Waals surface area contributed by atoms with E-state index in [-0.39, 0.29) is 23.7 Å². The van der Waals surface area contributed by atoms with Crippen LogP contribution < -0.4 is 10.1 Å². The maximum Gasteiger partial charge on any atom is 0.321 e. The molecule has 2 atom stereocenters. The minimum absolute atomic E-state index is 0.0396. The molecule has 2 saturated heterocycles. The molecule has 3 aliphatic rings. The van der Waals surface area contributed by atoms with Crippen LogP contribution in [0.4, 0.5) is 10.6 Å². The minimum Gasteiger partial charge on any atom is -0.495 e. The van der Waals surface area contributed by atoms with E-state index in [1.807, 2.05) is 23.6 Å². The lowest BCUT2D eigenvalue weighted by Crippen LogP contribution is -2.60. The number of hydrogen-bond donors (Lipinski definition) is 2. The van der Waals surface area contributed by atoms with Crippen LogP contribution in [-0.4, -0.2) is 80.6 Å². The van der Waals surface area contributed by atoms with Crippen LogP contribution >= 0.6 is 0 Å². The van der Waals surface area contributed by atoms with Crippen LogP contribution in [0.15, 0.2) is 18.3 Å². The topological polar surface area (TPSA) is 107 Å². The molecule has 5 heterocycles. The summed E-state index contributed by atoms with van der Waals surface area (Å²) in [5.41, 5.74) is 1.39. The molecule has 33 heavy (non-hydrogen) atoms. The Morgan fingerprint density at radius 3 is 2.82 bits per heavy atom. The molecule has 2 fully saturated rings. The molecule has 5 rings (SSSR count). The van der Waals surface area contributed by atoms with E-state index in [1.165, 1.54) is 12.6 Å². The van der Waals surface area contributed by atoms with Gasteiger partial charge in [-0.15, -0.1) is 0 Å². The molecule has 0 bridgehead atoms. The average molecular weight is 454 g/mol. The number of amides is 3. The Balaban J connectivity index is 1.33. The summed E-state index contributed by atoms with van der Waals surface area (Å²) < 4.78 is 5.10. The number of H-pyrrole nitrogens is 1. The highest BCUT2D eigenvalue weighted by Gasteiger charge is 2.47. The third kappa shape index (κ3) is 3.62. The Morgan fingerprint density at radius 2 is 2.09 bits per heavy atom. The molecule has 0 unspecified atom stereocenters. The quantitative estimate of drug-likeness (QED) is 0.739. The van der Waals surface area contributed by atoms with E-state index in [0.29, 0.717) is 24.2 Å². The second-order valence-electron chi connectivity index (χ2n) is 9.68. The number of aromatic nitrogens is 3. The van der Waals surface area contributed by atoms with Crippen molar-refractivity contribution in [2.24, 2.45) is 0 Å². The number of piperazine rings is 1. The van der Waals surface area contributed by atoms with E-state index in [0.717, 1.165) is 37.3 Å². The molecule has 3 amide bonds. The number of anilines is 1. The van der Waals surface area contributed by atoms with E-state index in [2.05, 4.69) is 32.3 Å². The summed E-state index contributed by atoms with van der Waals surface area (Å²) in [7, 11) is 1.55. The Kier molecular flexibility index (Phi) is 5.27. The monoisotopic (exact) mass is 453 g/mol. The molecule has 0 aromatic carbocycles. The number of urea groups is 1. The molecule has 2 N–H and O–H groups in total. The number of fused-ring (bicyclic) bond motifs is 2. The van der Waals surface area contributed by atoms with Gasteiger partial charge in [0.25, 0.3) is 5.91 Å². The van der Waals surface area contributed by atoms with Crippen LogP contribution in [0, 0.1) is 0 Å². The number of rotatable bonds is 3. The van der Waals surface area contributed by atoms with Crippen molar-refractivity contribution in [1.29, 1.82) is 0 Å². The highest BCUT2D eigenvalue weighted by molar-refractivity contribution is 6.02. The average Bonchev–Trinajstić information content (AvgIpc) is 3.49. The van der Waals surface area contributed by atoms with Crippen molar-refractivity contribution in [3.8, 4) is 5.75 Å². The van der Waals surface area contributed by atoms with E-state index < -0.39 is 5.54 Å². The second-order valence-corrected chi connectivity index (χ2v) is 9.68. The van der Waals surface area contributed by atoms with Crippen LogP contribution in [0.3, 0.4) is 0 Å². The summed E-state index contributed by atoms with van der Waals surface area (Å²) in [5.74, 6) is 0.654. The summed E-state index contributed by atoms with van der Waals surface area (Å²) in [6.45, 7) is 9.38. The van der Waals surface area contributed by atoms with Crippen molar-refractivity contribution in [2.45, 2.75) is 57.8 Å². The van der Waals surface area contributed by atoms with Crippen LogP contribution in [0.2, 0.25) is 0 Å². The number of nitrogens with zero attached hydrogens (tertiary/aromatic N) is 5. The van der Waals surface area contributed by atoms with Crippen molar-refractivity contribution in [3.63, 3.8) is 0 Å². The number of carbonyl (C=O) groups excluding carboxylic acids is 2. The number of methoxy groups -OCH3 is 1. The maximum absolute atomic E-state index is 13.7. The fourth-order valence-corrected chi connectivity index (χ4v) is 5.34. The standard InChI is InChI=1S/C23H31N7O3/c1-14-11-28-9-5-6-15(28)12-29(14)22(32)30-13-17-19(23(30,2)3)26-27-20(17)25-21(31)18-8-7-16(33-4)10-24-18/h7-8,10,14-15H,5-6,9,11-13H2,1-4H3,(H2,25,26,27,31)/t14-,15-/m0/s1. The number of pyridine rings is 1. The van der Waals surface area contributed by atoms with Gasteiger partial charge in [-0.3, -0.25) is 14.8 Å². The summed E-state index contributed by atoms with van der Waals surface area (Å²) in [6.07, 6.45) is 3.86. The van der Waals surface area contributed by atoms with Crippen LogP contribution in [-0.2, 0) is 12.1 Å². The predicted octanol–water partition coefficient (Wildman–Crippen LogP) is 2.40. The zero-order chi connectivity index (χ0) is 23.3. The highest BCUT2D eigenvalue weighted by atomic mass is 16.5. The van der Waals surface area contributed by atoms with Crippen molar-refractivity contribution in [1.82, 2.24) is 29.9 Å². The second kappa shape index (κ2) is 8.02. The lowest BCUT2D eigenvalue weighted by atomic mass is 10.0. The lowest BCUT2D eigenvalue weighted by Gasteiger charge is -2.45. The van der Waals surface area contributed by atoms with Gasteiger partial charge in [0.2, 0.25) is 0 Å². The fourth-order valence-electron chi connectivity index (χ4n) is 5.34. The van der Waals surface area contributed by atoms with Gasteiger partial charge in [0.05, 0.1) is 31.1 Å². The van der Waals surface area contributed by atoms with Gasteiger partial charge in [0.15, 0.2) is 5.82 Å². The number of carbonyl (C=O) groups is 2. The van der Waals surface area contributed by atoms with Gasteiger partial charge in [-0.2, -0.15) is 5.10 Å². The highest BCUT2D eigenvalue weighted by Crippen LogP contribution is 2.41. The molecule has 0 radical (unpaired) electrons. The Labute approximate surface area is 193 Å². The van der Waals surface area contributed by atoms with Gasteiger partial charge in [-0.25, -0.2) is 9.78 Å². The molecule has 2 aromatic heterocycles. The Bertz CT molecular complexity index is 1060. The van der Waals surface area contributed by atoms with Crippen LogP contribution in [0.1, 0.15) is 55.4 Å². The lowest BCUT2D eigenvalue weighted by molar-refractivity contribution is 0.0454. The van der Waals surface area contributed by atoms with Gasteiger partial charge < -0.3 is 19.9 Å². The first kappa shape index (κ1) is 21.7. The number of nitrogens with one attached hydrogen (secondary N) is 2. The third-order valence-corrected chi connectivity index (χ3v) is 7.32. The van der Waals surface area contributed by atoms with Gasteiger partial charge in [0, 0.05) is 30.7 Å². The summed E-state index contributed by atoms with van der Waals surface area (Å²) in [4.78, 5) is 37.0.